The summed E-state index contributed by atoms with van der Waals surface area (Å²) in [6, 6.07) is 12.5. The molecule has 1 atom stereocenters. The van der Waals surface area contributed by atoms with Crippen LogP contribution in [-0.2, 0) is 25.4 Å². The lowest BCUT2D eigenvalue weighted by molar-refractivity contribution is -0.137. The molecule has 0 aliphatic carbocycles. The fourth-order valence-electron chi connectivity index (χ4n) is 6.83. The van der Waals surface area contributed by atoms with Gasteiger partial charge in [0.05, 0.1) is 29.4 Å². The number of nitrogens with one attached hydrogen (secondary N) is 3. The van der Waals surface area contributed by atoms with Gasteiger partial charge in [0.15, 0.2) is 5.11 Å². The minimum absolute atomic E-state index is 0.0165. The first-order valence-corrected chi connectivity index (χ1v) is 18.6. The number of benzene rings is 3. The number of amides is 4. The van der Waals surface area contributed by atoms with Crippen molar-refractivity contribution in [1.29, 1.82) is 0 Å². The van der Waals surface area contributed by atoms with Gasteiger partial charge in [0.1, 0.15) is 17.3 Å². The van der Waals surface area contributed by atoms with E-state index in [1.54, 1.807) is 55.1 Å². The van der Waals surface area contributed by atoms with E-state index < -0.39 is 40.8 Å². The van der Waals surface area contributed by atoms with E-state index in [1.165, 1.54) is 6.07 Å². The molecule has 6 rings (SSSR count). The third kappa shape index (κ3) is 8.93. The highest BCUT2D eigenvalue weighted by Crippen LogP contribution is 2.42. The van der Waals surface area contributed by atoms with Crippen LogP contribution in [0.3, 0.4) is 0 Å². The van der Waals surface area contributed by atoms with Crippen LogP contribution >= 0.6 is 35.4 Å². The maximum atomic E-state index is 13.6. The van der Waals surface area contributed by atoms with Crippen LogP contribution in [0.15, 0.2) is 54.6 Å². The van der Waals surface area contributed by atoms with Crippen LogP contribution in [0.2, 0.25) is 10.0 Å². The number of thiocarbonyl (C=S) groups is 1. The second kappa shape index (κ2) is 15.8. The number of carbonyl (C=O) groups is 4. The smallest absolute Gasteiger partial charge is 0.418 e. The summed E-state index contributed by atoms with van der Waals surface area (Å²) in [5, 5.41) is 8.86. The Balaban J connectivity index is 1.00. The first kappa shape index (κ1) is 40.0. The number of imide groups is 1. The molecule has 12 nitrogen and oxygen atoms in total. The Kier molecular flexibility index (Phi) is 11.5. The summed E-state index contributed by atoms with van der Waals surface area (Å²) >= 11 is 18.6. The van der Waals surface area contributed by atoms with Crippen LogP contribution in [0.4, 0.5) is 41.6 Å². The number of ether oxygens (including phenoxy) is 1. The summed E-state index contributed by atoms with van der Waals surface area (Å²) < 4.78 is 46.9. The highest BCUT2D eigenvalue weighted by molar-refractivity contribution is 7.81. The lowest BCUT2D eigenvalue weighted by Gasteiger charge is -2.31. The van der Waals surface area contributed by atoms with Crippen molar-refractivity contribution in [3.63, 3.8) is 0 Å². The van der Waals surface area contributed by atoms with Gasteiger partial charge in [0.25, 0.3) is 5.91 Å². The molecule has 1 unspecified atom stereocenters. The molecule has 0 bridgehead atoms. The minimum Gasteiger partial charge on any atom is -0.492 e. The average Bonchev–Trinajstić information content (AvgIpc) is 3.27. The molecule has 3 fully saturated rings. The molecule has 3 aromatic rings. The minimum atomic E-state index is -4.72. The number of carbonyl (C=O) groups excluding carboxylic acids is 4. The summed E-state index contributed by atoms with van der Waals surface area (Å²) in [6.07, 6.45) is -2.60. The number of likely N-dealkylation sites (tertiary alicyclic amines) is 1. The molecule has 3 aliphatic rings. The number of halogens is 5. The maximum absolute atomic E-state index is 13.6. The fourth-order valence-corrected chi connectivity index (χ4v) is 7.82. The molecular formula is C37H38Cl2F3N7O5S. The molecule has 4 amide bonds. The fraction of sp³-hybridized carbons (Fsp3) is 0.378. The van der Waals surface area contributed by atoms with Gasteiger partial charge in [0.2, 0.25) is 17.7 Å². The molecule has 3 saturated heterocycles. The van der Waals surface area contributed by atoms with Gasteiger partial charge in [-0.15, -0.1) is 0 Å². The number of nitrogens with two attached hydrogens (primary N) is 1. The standard InChI is InChI=1S/C37H38Cl2F3N7O5S/c1-36(2)34(53)48(24-3-5-28(43)26(16-24)37(40,41)42)35(55)49(36)25-4-7-30(27(39)17-25)54-19-20-9-11-47(12-10-20)18-32(51)45-23-14-21(38)13-22(15-23)44-29-6-8-31(50)46-33(29)52/h3-5,7,13-17,20,29,44H,6,8-12,18-19,43H2,1-2H3,(H,45,51)(H,46,50,52). The number of hydrogen-bond donors (Lipinski definition) is 4. The molecule has 3 aliphatic heterocycles. The van der Waals surface area contributed by atoms with Gasteiger partial charge >= 0.3 is 6.18 Å². The van der Waals surface area contributed by atoms with E-state index in [0.717, 1.165) is 29.9 Å². The van der Waals surface area contributed by atoms with E-state index in [2.05, 4.69) is 16.0 Å². The van der Waals surface area contributed by atoms with Gasteiger partial charge < -0.3 is 26.0 Å². The van der Waals surface area contributed by atoms with Crippen LogP contribution < -0.4 is 36.2 Å². The van der Waals surface area contributed by atoms with E-state index in [0.29, 0.717) is 54.0 Å². The third-order valence-electron chi connectivity index (χ3n) is 9.75. The zero-order valence-corrected chi connectivity index (χ0v) is 32.1. The monoisotopic (exact) mass is 819 g/mol. The summed E-state index contributed by atoms with van der Waals surface area (Å²) in [6.45, 7) is 5.11. The first-order valence-electron chi connectivity index (χ1n) is 17.4. The number of nitrogens with zero attached hydrogens (tertiary/aromatic N) is 3. The Morgan fingerprint density at radius 3 is 2.36 bits per heavy atom. The van der Waals surface area contributed by atoms with Gasteiger partial charge in [-0.05, 0) is 119 Å². The van der Waals surface area contributed by atoms with Gasteiger partial charge in [-0.3, -0.25) is 34.3 Å². The zero-order valence-electron chi connectivity index (χ0n) is 29.8. The second-order valence-corrected chi connectivity index (χ2v) is 15.4. The van der Waals surface area contributed by atoms with Gasteiger partial charge in [-0.1, -0.05) is 23.2 Å². The number of piperidine rings is 2. The predicted molar refractivity (Wildman–Crippen MR) is 208 cm³/mol. The zero-order chi connectivity index (χ0) is 39.8. The van der Waals surface area contributed by atoms with Crippen LogP contribution in [0, 0.1) is 5.92 Å². The van der Waals surface area contributed by atoms with Crippen LogP contribution in [0.25, 0.3) is 0 Å². The molecule has 55 heavy (non-hydrogen) atoms. The van der Waals surface area contributed by atoms with Crippen molar-refractivity contribution in [2.45, 2.75) is 57.3 Å². The molecule has 0 aromatic heterocycles. The van der Waals surface area contributed by atoms with E-state index in [4.69, 9.17) is 45.9 Å². The molecule has 3 aromatic carbocycles. The van der Waals surface area contributed by atoms with Crippen LogP contribution in [0.5, 0.6) is 5.75 Å². The number of anilines is 5. The van der Waals surface area contributed by atoms with Crippen molar-refractivity contribution in [2.24, 2.45) is 5.92 Å². The molecule has 0 saturated carbocycles. The summed E-state index contributed by atoms with van der Waals surface area (Å²) in [4.78, 5) is 54.7. The molecule has 5 N–H and O–H groups in total. The number of nitrogen functional groups attached to an aromatic ring is 1. The maximum Gasteiger partial charge on any atom is 0.418 e. The van der Waals surface area contributed by atoms with E-state index in [9.17, 15) is 32.3 Å². The van der Waals surface area contributed by atoms with Gasteiger partial charge in [0, 0.05) is 34.2 Å². The van der Waals surface area contributed by atoms with Crippen molar-refractivity contribution in [1.82, 2.24) is 10.2 Å². The third-order valence-corrected chi connectivity index (χ3v) is 10.6. The quantitative estimate of drug-likeness (QED) is 0.102. The van der Waals surface area contributed by atoms with Crippen molar-refractivity contribution in [2.75, 3.05) is 52.4 Å². The predicted octanol–water partition coefficient (Wildman–Crippen LogP) is 6.46. The lowest BCUT2D eigenvalue weighted by atomic mass is 9.98. The Hall–Kier alpha value is -4.64. The van der Waals surface area contributed by atoms with Crippen molar-refractivity contribution in [3.05, 3.63) is 70.2 Å². The summed E-state index contributed by atoms with van der Waals surface area (Å²) in [5.74, 6) is -0.856. The lowest BCUT2D eigenvalue weighted by Crippen LogP contribution is -2.47. The Labute approximate surface area is 330 Å². The number of hydrogen-bond acceptors (Lipinski definition) is 9. The highest BCUT2D eigenvalue weighted by atomic mass is 35.5. The Morgan fingerprint density at radius 1 is 1.00 bits per heavy atom. The van der Waals surface area contributed by atoms with E-state index in [-0.39, 0.29) is 46.5 Å². The SMILES string of the molecule is CC1(C)C(=O)N(c2ccc(N)c(C(F)(F)F)c2)C(=S)N1c1ccc(OCC2CCN(CC(=O)Nc3cc(Cl)cc(NC4CCC(=O)NC4=O)c3)CC2)c(Cl)c1. The van der Waals surface area contributed by atoms with Gasteiger partial charge in [-0.2, -0.15) is 13.2 Å². The molecular weight excluding hydrogens is 782 g/mol. The molecule has 292 valence electrons. The van der Waals surface area contributed by atoms with Crippen molar-refractivity contribution >= 4 is 92.6 Å². The largest absolute Gasteiger partial charge is 0.492 e. The van der Waals surface area contributed by atoms with Crippen molar-refractivity contribution in [3.8, 4) is 5.75 Å². The van der Waals surface area contributed by atoms with E-state index in [1.807, 2.05) is 4.90 Å². The second-order valence-electron chi connectivity index (χ2n) is 14.2. The molecule has 0 radical (unpaired) electrons. The van der Waals surface area contributed by atoms with Crippen LogP contribution in [-0.4, -0.2) is 71.5 Å². The number of alkyl halides is 3. The summed E-state index contributed by atoms with van der Waals surface area (Å²) in [7, 11) is 0. The van der Waals surface area contributed by atoms with Crippen LogP contribution in [0.1, 0.15) is 45.1 Å². The molecule has 0 spiro atoms. The Morgan fingerprint density at radius 2 is 1.69 bits per heavy atom. The summed E-state index contributed by atoms with van der Waals surface area (Å²) in [5.41, 5.74) is 4.21. The molecule has 3 heterocycles. The number of rotatable bonds is 10. The Bertz CT molecular complexity index is 2040. The normalized spacial score (nSPS) is 19.4. The van der Waals surface area contributed by atoms with E-state index >= 15 is 0 Å². The highest BCUT2D eigenvalue weighted by Gasteiger charge is 2.51. The molecule has 18 heteroatoms. The van der Waals surface area contributed by atoms with Gasteiger partial charge in [-0.25, -0.2) is 0 Å². The average molecular weight is 821 g/mol. The first-order chi connectivity index (χ1) is 25.9. The van der Waals surface area contributed by atoms with Crippen molar-refractivity contribution < 1.29 is 37.1 Å². The topological polar surface area (TPSA) is 149 Å².